The molecule has 0 radical (unpaired) electrons. The molecule has 0 aliphatic carbocycles. The van der Waals surface area contributed by atoms with Gasteiger partial charge in [0.2, 0.25) is 0 Å². The fourth-order valence-electron chi connectivity index (χ4n) is 1.76. The van der Waals surface area contributed by atoms with Crippen LogP contribution in [0.5, 0.6) is 0 Å². The van der Waals surface area contributed by atoms with Crippen LogP contribution in [0.2, 0.25) is 5.02 Å². The zero-order chi connectivity index (χ0) is 13.8. The van der Waals surface area contributed by atoms with Crippen molar-refractivity contribution in [2.24, 2.45) is 0 Å². The maximum absolute atomic E-state index is 12.5. The Morgan fingerprint density at radius 2 is 2.00 bits per heavy atom. The van der Waals surface area contributed by atoms with Gasteiger partial charge in [0.25, 0.3) is 0 Å². The first-order valence-corrected chi connectivity index (χ1v) is 6.00. The van der Waals surface area contributed by atoms with Crippen molar-refractivity contribution in [1.29, 1.82) is 0 Å². The number of nitrogens with zero attached hydrogens (tertiary/aromatic N) is 1. The van der Waals surface area contributed by atoms with Gasteiger partial charge in [-0.15, -0.1) is 0 Å². The Morgan fingerprint density at radius 3 is 2.50 bits per heavy atom. The third-order valence-electron chi connectivity index (χ3n) is 2.51. The molecular formula is C12H16ClF3N2. The third-order valence-corrected chi connectivity index (χ3v) is 2.74. The van der Waals surface area contributed by atoms with Crippen molar-refractivity contribution < 1.29 is 13.2 Å². The van der Waals surface area contributed by atoms with Crippen molar-refractivity contribution in [2.45, 2.75) is 19.6 Å². The predicted molar refractivity (Wildman–Crippen MR) is 68.2 cm³/mol. The molecule has 0 bridgehead atoms. The van der Waals surface area contributed by atoms with Gasteiger partial charge >= 0.3 is 6.18 Å². The standard InChI is InChI=1S/C12H16ClF3N2/c1-3-18(8-12(14,15)16)11-6-10(13)5-4-9(11)7-17-2/h4-6,17H,3,7-8H2,1-2H3. The maximum atomic E-state index is 12.5. The molecule has 0 aliphatic heterocycles. The van der Waals surface area contributed by atoms with Gasteiger partial charge in [-0.25, -0.2) is 0 Å². The monoisotopic (exact) mass is 280 g/mol. The van der Waals surface area contributed by atoms with Crippen molar-refractivity contribution in [3.8, 4) is 0 Å². The topological polar surface area (TPSA) is 15.3 Å². The fourth-order valence-corrected chi connectivity index (χ4v) is 1.92. The van der Waals surface area contributed by atoms with Gasteiger partial charge in [0.1, 0.15) is 6.54 Å². The van der Waals surface area contributed by atoms with E-state index in [0.29, 0.717) is 17.3 Å². The SMILES string of the molecule is CCN(CC(F)(F)F)c1cc(Cl)ccc1CNC. The zero-order valence-electron chi connectivity index (χ0n) is 10.3. The van der Waals surface area contributed by atoms with Crippen LogP contribution in [0.3, 0.4) is 0 Å². The van der Waals surface area contributed by atoms with E-state index in [2.05, 4.69) is 5.32 Å². The normalized spacial score (nSPS) is 11.7. The lowest BCUT2D eigenvalue weighted by atomic mass is 10.1. The van der Waals surface area contributed by atoms with Crippen LogP contribution in [-0.2, 0) is 6.54 Å². The average Bonchev–Trinajstić information content (AvgIpc) is 2.27. The fraction of sp³-hybridized carbons (Fsp3) is 0.500. The van der Waals surface area contributed by atoms with Gasteiger partial charge in [-0.1, -0.05) is 17.7 Å². The molecule has 18 heavy (non-hydrogen) atoms. The minimum atomic E-state index is -4.23. The molecule has 102 valence electrons. The Hall–Kier alpha value is -0.940. The van der Waals surface area contributed by atoms with E-state index in [1.54, 1.807) is 32.2 Å². The van der Waals surface area contributed by atoms with Crippen LogP contribution >= 0.6 is 11.6 Å². The molecule has 0 heterocycles. The van der Waals surface area contributed by atoms with E-state index in [1.165, 1.54) is 4.90 Å². The van der Waals surface area contributed by atoms with E-state index in [4.69, 9.17) is 11.6 Å². The predicted octanol–water partition coefficient (Wildman–Crippen LogP) is 3.45. The highest BCUT2D eigenvalue weighted by atomic mass is 35.5. The molecule has 6 heteroatoms. The number of nitrogens with one attached hydrogen (secondary N) is 1. The smallest absolute Gasteiger partial charge is 0.363 e. The minimum absolute atomic E-state index is 0.274. The summed E-state index contributed by atoms with van der Waals surface area (Å²) in [5.41, 5.74) is 1.32. The first-order valence-electron chi connectivity index (χ1n) is 5.62. The van der Waals surface area contributed by atoms with Gasteiger partial charge in [-0.2, -0.15) is 13.2 Å². The molecule has 1 aromatic carbocycles. The molecule has 0 amide bonds. The molecule has 1 aromatic rings. The summed E-state index contributed by atoms with van der Waals surface area (Å²) in [7, 11) is 1.75. The zero-order valence-corrected chi connectivity index (χ0v) is 11.1. The Balaban J connectivity index is 3.06. The molecule has 1 rings (SSSR count). The highest BCUT2D eigenvalue weighted by Gasteiger charge is 2.31. The van der Waals surface area contributed by atoms with Gasteiger partial charge < -0.3 is 10.2 Å². The Kier molecular flexibility index (Phi) is 5.28. The largest absolute Gasteiger partial charge is 0.405 e. The summed E-state index contributed by atoms with van der Waals surface area (Å²) in [4.78, 5) is 1.28. The van der Waals surface area contributed by atoms with Crippen molar-refractivity contribution in [3.63, 3.8) is 0 Å². The second kappa shape index (κ2) is 6.29. The molecule has 0 unspecified atom stereocenters. The number of alkyl halides is 3. The Labute approximate surface area is 110 Å². The van der Waals surface area contributed by atoms with Crippen LogP contribution in [0.15, 0.2) is 18.2 Å². The maximum Gasteiger partial charge on any atom is 0.405 e. The average molecular weight is 281 g/mol. The molecule has 1 N–H and O–H groups in total. The van der Waals surface area contributed by atoms with Crippen molar-refractivity contribution in [1.82, 2.24) is 5.32 Å². The lowest BCUT2D eigenvalue weighted by Gasteiger charge is -2.27. The minimum Gasteiger partial charge on any atom is -0.363 e. The van der Waals surface area contributed by atoms with E-state index in [0.717, 1.165) is 5.56 Å². The van der Waals surface area contributed by atoms with E-state index in [9.17, 15) is 13.2 Å². The quantitative estimate of drug-likeness (QED) is 0.889. The van der Waals surface area contributed by atoms with E-state index < -0.39 is 12.7 Å². The number of halogens is 4. The summed E-state index contributed by atoms with van der Waals surface area (Å²) in [6.45, 7) is 1.49. The Morgan fingerprint density at radius 1 is 1.33 bits per heavy atom. The molecule has 0 fully saturated rings. The first kappa shape index (κ1) is 15.1. The van der Waals surface area contributed by atoms with Crippen LogP contribution in [0.25, 0.3) is 0 Å². The number of hydrogen-bond acceptors (Lipinski definition) is 2. The Bertz CT molecular complexity index is 393. The molecule has 0 spiro atoms. The van der Waals surface area contributed by atoms with E-state index in [1.807, 2.05) is 0 Å². The van der Waals surface area contributed by atoms with Crippen molar-refractivity contribution in [2.75, 3.05) is 25.0 Å². The van der Waals surface area contributed by atoms with Crippen molar-refractivity contribution >= 4 is 17.3 Å². The molecule has 0 atom stereocenters. The van der Waals surface area contributed by atoms with Crippen LogP contribution in [0.1, 0.15) is 12.5 Å². The van der Waals surface area contributed by atoms with Crippen LogP contribution in [0.4, 0.5) is 18.9 Å². The van der Waals surface area contributed by atoms with Crippen LogP contribution in [-0.4, -0.2) is 26.3 Å². The lowest BCUT2D eigenvalue weighted by Crippen LogP contribution is -2.35. The second-order valence-electron chi connectivity index (χ2n) is 3.93. The summed E-state index contributed by atoms with van der Waals surface area (Å²) < 4.78 is 37.5. The molecular weight excluding hydrogens is 265 g/mol. The number of benzene rings is 1. The number of anilines is 1. The summed E-state index contributed by atoms with van der Waals surface area (Å²) >= 11 is 5.86. The van der Waals surface area contributed by atoms with Crippen molar-refractivity contribution in [3.05, 3.63) is 28.8 Å². The van der Waals surface area contributed by atoms with Crippen LogP contribution < -0.4 is 10.2 Å². The van der Waals surface area contributed by atoms with Gasteiger partial charge in [-0.3, -0.25) is 0 Å². The molecule has 0 aliphatic rings. The van der Waals surface area contributed by atoms with Gasteiger partial charge in [0.05, 0.1) is 0 Å². The molecule has 0 saturated carbocycles. The molecule has 2 nitrogen and oxygen atoms in total. The summed E-state index contributed by atoms with van der Waals surface area (Å²) in [5.74, 6) is 0. The summed E-state index contributed by atoms with van der Waals surface area (Å²) in [6, 6.07) is 5.00. The first-order chi connectivity index (χ1) is 8.37. The second-order valence-corrected chi connectivity index (χ2v) is 4.37. The van der Waals surface area contributed by atoms with Gasteiger partial charge in [-0.05, 0) is 31.7 Å². The molecule has 0 aromatic heterocycles. The van der Waals surface area contributed by atoms with Gasteiger partial charge in [0, 0.05) is 23.8 Å². The van der Waals surface area contributed by atoms with E-state index >= 15 is 0 Å². The van der Waals surface area contributed by atoms with Gasteiger partial charge in [0.15, 0.2) is 0 Å². The third kappa shape index (κ3) is 4.38. The highest BCUT2D eigenvalue weighted by Crippen LogP contribution is 2.28. The number of rotatable bonds is 5. The van der Waals surface area contributed by atoms with E-state index in [-0.39, 0.29) is 6.54 Å². The number of hydrogen-bond donors (Lipinski definition) is 1. The lowest BCUT2D eigenvalue weighted by molar-refractivity contribution is -0.119. The molecule has 0 saturated heterocycles. The summed E-state index contributed by atoms with van der Waals surface area (Å²) in [5, 5.41) is 3.37. The summed E-state index contributed by atoms with van der Waals surface area (Å²) in [6.07, 6.45) is -4.23. The highest BCUT2D eigenvalue weighted by molar-refractivity contribution is 6.30. The van der Waals surface area contributed by atoms with Crippen LogP contribution in [0, 0.1) is 0 Å².